The standard InChI is InChI=1S/C63H97F6N11O11/c1-14-39(6)54-60(90)76(10)35-52(83)74(8)36-53(84)77(11)46(20-15-16-22-49(65)66)59(89)75(9)34-50(81)71-44(26-24-41-23-25-42(43(64)33-41)63(67,68)69)58(88)80-29-19-21-45(80)57(87)73-62(27-17-18-28-62)61(91)79(13)48(31-38(4)5)55(85)70-40(7)32-51(82)78(12)47(30-37(2)3)56(86)72-54/h23,25,33,37-40,44-49,54H,14-22,24,26-32,34-36H2,1-13H3,(H,70,85)(H,71,81)(H,72,86)(H,73,87)/t39?,40-,44+,45+,46+,47+,48+,54+/m1/s1. The maximum Gasteiger partial charge on any atom is 0.419 e. The maximum absolute atomic E-state index is 15.0. The zero-order valence-corrected chi connectivity index (χ0v) is 55.1. The molecule has 8 atom stereocenters. The molecule has 28 heteroatoms. The number of benzene rings is 1. The van der Waals surface area contributed by atoms with E-state index in [0.29, 0.717) is 31.4 Å². The third-order valence-electron chi connectivity index (χ3n) is 17.7. The number of amides is 11. The third kappa shape index (κ3) is 21.3. The predicted octanol–water partition coefficient (Wildman–Crippen LogP) is 4.90. The Morgan fingerprint density at radius 2 is 1.21 bits per heavy atom. The van der Waals surface area contributed by atoms with E-state index in [2.05, 4.69) is 21.3 Å². The van der Waals surface area contributed by atoms with Crippen LogP contribution >= 0.6 is 0 Å². The van der Waals surface area contributed by atoms with Crippen molar-refractivity contribution in [2.45, 2.75) is 212 Å². The van der Waals surface area contributed by atoms with Crippen molar-refractivity contribution in [1.29, 1.82) is 0 Å². The first-order valence-corrected chi connectivity index (χ1v) is 31.6. The van der Waals surface area contributed by atoms with Gasteiger partial charge in [-0.25, -0.2) is 13.2 Å². The molecule has 0 radical (unpaired) electrons. The number of halogens is 6. The number of carbonyl (C=O) groups excluding carboxylic acids is 11. The summed E-state index contributed by atoms with van der Waals surface area (Å²) in [7, 11) is 7.96. The van der Waals surface area contributed by atoms with E-state index in [9.17, 15) is 74.3 Å². The van der Waals surface area contributed by atoms with Gasteiger partial charge in [0.1, 0.15) is 47.6 Å². The summed E-state index contributed by atoms with van der Waals surface area (Å²) in [5.41, 5.74) is -3.07. The van der Waals surface area contributed by atoms with Gasteiger partial charge in [0.15, 0.2) is 0 Å². The van der Waals surface area contributed by atoms with Crippen LogP contribution in [0.3, 0.4) is 0 Å². The number of alkyl halides is 5. The molecule has 4 N–H and O–H groups in total. The highest BCUT2D eigenvalue weighted by Gasteiger charge is 2.49. The molecule has 512 valence electrons. The van der Waals surface area contributed by atoms with E-state index in [1.165, 1.54) is 57.0 Å². The van der Waals surface area contributed by atoms with Crippen LogP contribution in [0.5, 0.6) is 0 Å². The summed E-state index contributed by atoms with van der Waals surface area (Å²) in [5, 5.41) is 11.3. The SMILES string of the molecule is CCC(C)[C@@H]1NC(=O)[C@H](CC(C)C)N(C)C(=O)C[C@@H](C)NC(=O)[C@H](CC(C)C)N(C)C(=O)C2(CCCC2)NC(=O)[C@@H]2CCCN2C(=O)[C@H](CCc2ccc(C(F)(F)F)c(F)c2)NC(=O)CN(C)C(=O)[C@H](CCCCC(F)F)N(C)C(=O)CN(C)C(=O)CN(C)C1=O. The lowest BCUT2D eigenvalue weighted by molar-refractivity contribution is -0.149. The van der Waals surface area contributed by atoms with E-state index < -0.39 is 169 Å². The second-order valence-corrected chi connectivity index (χ2v) is 26.0. The smallest absolute Gasteiger partial charge is 0.351 e. The Labute approximate surface area is 531 Å². The van der Waals surface area contributed by atoms with Gasteiger partial charge in [-0.1, -0.05) is 73.3 Å². The third-order valence-corrected chi connectivity index (χ3v) is 17.7. The van der Waals surface area contributed by atoms with Crippen molar-refractivity contribution in [1.82, 2.24) is 55.6 Å². The molecule has 2 aliphatic heterocycles. The Hall–Kier alpha value is -7.03. The van der Waals surface area contributed by atoms with Crippen LogP contribution in [0, 0.1) is 23.6 Å². The Morgan fingerprint density at radius 3 is 1.78 bits per heavy atom. The van der Waals surface area contributed by atoms with E-state index in [-0.39, 0.29) is 101 Å². The molecular formula is C63H97F6N11O11. The van der Waals surface area contributed by atoms with Gasteiger partial charge in [0.2, 0.25) is 71.4 Å². The zero-order chi connectivity index (χ0) is 68.6. The Kier molecular flexibility index (Phi) is 28.6. The van der Waals surface area contributed by atoms with Crippen molar-refractivity contribution in [3.05, 3.63) is 35.1 Å². The van der Waals surface area contributed by atoms with Crippen LogP contribution in [-0.4, -0.2) is 222 Å². The van der Waals surface area contributed by atoms with Crippen LogP contribution in [0.2, 0.25) is 0 Å². The zero-order valence-electron chi connectivity index (χ0n) is 55.1. The lowest BCUT2D eigenvalue weighted by atomic mass is 9.92. The summed E-state index contributed by atoms with van der Waals surface area (Å²) in [6.45, 7) is 10.5. The van der Waals surface area contributed by atoms with E-state index in [0.717, 1.165) is 25.7 Å². The number of rotatable bonds is 14. The molecule has 11 amide bonds. The summed E-state index contributed by atoms with van der Waals surface area (Å²) in [5.74, 6) is -10.3. The molecular weight excluding hydrogens is 1200 g/mol. The van der Waals surface area contributed by atoms with Gasteiger partial charge in [-0.15, -0.1) is 0 Å². The molecule has 1 aromatic rings. The molecule has 3 aliphatic rings. The minimum absolute atomic E-state index is 0.00543. The highest BCUT2D eigenvalue weighted by atomic mass is 19.4. The van der Waals surface area contributed by atoms with Gasteiger partial charge >= 0.3 is 6.18 Å². The highest BCUT2D eigenvalue weighted by Crippen LogP contribution is 2.35. The van der Waals surface area contributed by atoms with Crippen LogP contribution in [0.1, 0.15) is 156 Å². The van der Waals surface area contributed by atoms with E-state index >= 15 is 4.79 Å². The van der Waals surface area contributed by atoms with Crippen LogP contribution in [0.15, 0.2) is 18.2 Å². The molecule has 0 bridgehead atoms. The first-order chi connectivity index (χ1) is 42.4. The van der Waals surface area contributed by atoms with Gasteiger partial charge in [-0.2, -0.15) is 13.2 Å². The Bertz CT molecular complexity index is 2750. The van der Waals surface area contributed by atoms with E-state index in [1.807, 2.05) is 27.7 Å². The van der Waals surface area contributed by atoms with Crippen LogP contribution < -0.4 is 21.3 Å². The number of hydrogen-bond donors (Lipinski definition) is 4. The molecule has 3 fully saturated rings. The molecule has 22 nitrogen and oxygen atoms in total. The largest absolute Gasteiger partial charge is 0.419 e. The second kappa shape index (κ2) is 34.0. The molecule has 1 saturated carbocycles. The van der Waals surface area contributed by atoms with Gasteiger partial charge in [-0.05, 0) is 107 Å². The first kappa shape index (κ1) is 76.4. The highest BCUT2D eigenvalue weighted by molar-refractivity contribution is 5.99. The number of hydrogen-bond acceptors (Lipinski definition) is 11. The molecule has 1 aliphatic carbocycles. The number of fused-ring (bicyclic) bond motifs is 1. The minimum Gasteiger partial charge on any atom is -0.351 e. The first-order valence-electron chi connectivity index (χ1n) is 31.6. The fraction of sp³-hybridized carbons (Fsp3) is 0.730. The number of nitrogens with one attached hydrogen (secondary N) is 4. The van der Waals surface area contributed by atoms with Gasteiger partial charge in [0.25, 0.3) is 0 Å². The monoisotopic (exact) mass is 1300 g/mol. The summed E-state index contributed by atoms with van der Waals surface area (Å²) >= 11 is 0. The summed E-state index contributed by atoms with van der Waals surface area (Å²) in [6, 6.07) is -6.24. The Morgan fingerprint density at radius 1 is 0.637 bits per heavy atom. The molecule has 1 spiro atoms. The van der Waals surface area contributed by atoms with E-state index in [4.69, 9.17) is 0 Å². The van der Waals surface area contributed by atoms with Crippen molar-refractivity contribution >= 4 is 65.0 Å². The fourth-order valence-corrected chi connectivity index (χ4v) is 12.0. The summed E-state index contributed by atoms with van der Waals surface area (Å²) in [4.78, 5) is 166. The number of likely N-dealkylation sites (N-methyl/N-ethyl adjacent to an activating group) is 6. The summed E-state index contributed by atoms with van der Waals surface area (Å²) in [6.07, 6.45) is -6.97. The lowest BCUT2D eigenvalue weighted by Gasteiger charge is -2.39. The van der Waals surface area contributed by atoms with E-state index in [1.54, 1.807) is 20.8 Å². The van der Waals surface area contributed by atoms with Crippen molar-refractivity contribution in [3.63, 3.8) is 0 Å². The average molecular weight is 1300 g/mol. The van der Waals surface area contributed by atoms with Gasteiger partial charge < -0.3 is 55.6 Å². The summed E-state index contributed by atoms with van der Waals surface area (Å²) < 4.78 is 82.3. The molecule has 2 saturated heterocycles. The maximum atomic E-state index is 15.0. The molecule has 0 aromatic heterocycles. The molecule has 91 heavy (non-hydrogen) atoms. The van der Waals surface area contributed by atoms with Gasteiger partial charge in [0.05, 0.1) is 25.2 Å². The number of carbonyl (C=O) groups is 11. The quantitative estimate of drug-likeness (QED) is 0.144. The fourth-order valence-electron chi connectivity index (χ4n) is 12.0. The topological polar surface area (TPSA) is 259 Å². The molecule has 1 aromatic carbocycles. The predicted molar refractivity (Wildman–Crippen MR) is 325 cm³/mol. The van der Waals surface area contributed by atoms with Crippen molar-refractivity contribution < 1.29 is 79.1 Å². The van der Waals surface area contributed by atoms with Crippen LogP contribution in [-0.2, 0) is 65.3 Å². The van der Waals surface area contributed by atoms with Gasteiger partial charge in [0, 0.05) is 67.7 Å². The number of nitrogens with zero attached hydrogens (tertiary/aromatic N) is 7. The van der Waals surface area contributed by atoms with Crippen molar-refractivity contribution in [2.75, 3.05) is 68.5 Å². The molecule has 2 heterocycles. The molecule has 1 unspecified atom stereocenters. The number of aryl methyl sites for hydroxylation is 1. The second-order valence-electron chi connectivity index (χ2n) is 26.0. The average Bonchev–Trinajstić information content (AvgIpc) is 1.78. The Balaban J connectivity index is 1.81. The molecule has 4 rings (SSSR count). The number of unbranched alkanes of at least 4 members (excludes halogenated alkanes) is 1. The normalized spacial score (nSPS) is 25.0. The van der Waals surface area contributed by atoms with Crippen LogP contribution in [0.25, 0.3) is 0 Å². The minimum atomic E-state index is -5.02. The van der Waals surface area contributed by atoms with Gasteiger partial charge in [-0.3, -0.25) is 52.7 Å². The van der Waals surface area contributed by atoms with Crippen LogP contribution in [0.4, 0.5) is 26.3 Å². The van der Waals surface area contributed by atoms with Crippen molar-refractivity contribution in [3.8, 4) is 0 Å². The van der Waals surface area contributed by atoms with Crippen molar-refractivity contribution in [2.24, 2.45) is 17.8 Å². The lowest BCUT2D eigenvalue weighted by Crippen LogP contribution is -2.64.